The number of sulfonamides is 2. The number of carbonyl (C=O) groups excluding carboxylic acids is 1. The predicted octanol–water partition coefficient (Wildman–Crippen LogP) is 4.13. The van der Waals surface area contributed by atoms with Crippen LogP contribution in [-0.2, 0) is 24.8 Å². The van der Waals surface area contributed by atoms with Crippen molar-refractivity contribution >= 4 is 54.6 Å². The number of amides is 1. The second-order valence-electron chi connectivity index (χ2n) is 7.51. The molecule has 0 aliphatic heterocycles. The minimum Gasteiger partial charge on any atom is -0.325 e. The second kappa shape index (κ2) is 10.2. The van der Waals surface area contributed by atoms with Gasteiger partial charge in [-0.1, -0.05) is 17.7 Å². The lowest BCUT2D eigenvalue weighted by Gasteiger charge is -2.22. The van der Waals surface area contributed by atoms with Crippen LogP contribution in [0.1, 0.15) is 5.56 Å². The van der Waals surface area contributed by atoms with Crippen molar-refractivity contribution in [2.24, 2.45) is 0 Å². The third-order valence-electron chi connectivity index (χ3n) is 4.77. The van der Waals surface area contributed by atoms with Crippen LogP contribution in [0.25, 0.3) is 0 Å². The molecule has 0 fully saturated rings. The van der Waals surface area contributed by atoms with Crippen LogP contribution in [0.5, 0.6) is 0 Å². The van der Waals surface area contributed by atoms with E-state index in [2.05, 4.69) is 10.0 Å². The van der Waals surface area contributed by atoms with Gasteiger partial charge >= 0.3 is 0 Å². The summed E-state index contributed by atoms with van der Waals surface area (Å²) in [6, 6.07) is 12.4. The maximum Gasteiger partial charge on any atom is 0.261 e. The predicted molar refractivity (Wildman–Crippen MR) is 131 cm³/mol. The fourth-order valence-electron chi connectivity index (χ4n) is 3.00. The molecule has 35 heavy (non-hydrogen) atoms. The van der Waals surface area contributed by atoms with E-state index in [1.54, 1.807) is 19.1 Å². The van der Waals surface area contributed by atoms with Crippen molar-refractivity contribution in [3.05, 3.63) is 82.9 Å². The molecule has 0 unspecified atom stereocenters. The number of aryl methyl sites for hydroxylation is 1. The molecular weight excluding hydrogens is 524 g/mol. The van der Waals surface area contributed by atoms with Crippen molar-refractivity contribution in [2.75, 3.05) is 27.1 Å². The molecule has 1 amide bonds. The molecule has 0 aliphatic carbocycles. The Bertz CT molecular complexity index is 1480. The van der Waals surface area contributed by atoms with Crippen LogP contribution in [0.3, 0.4) is 0 Å². The molecule has 8 nitrogen and oxygen atoms in total. The van der Waals surface area contributed by atoms with E-state index in [0.29, 0.717) is 26.6 Å². The highest BCUT2D eigenvalue weighted by Crippen LogP contribution is 2.24. The summed E-state index contributed by atoms with van der Waals surface area (Å²) in [5, 5.41) is 2.80. The van der Waals surface area contributed by atoms with Crippen molar-refractivity contribution in [3.8, 4) is 0 Å². The third kappa shape index (κ3) is 6.68. The lowest BCUT2D eigenvalue weighted by Crippen LogP contribution is -2.37. The Balaban J connectivity index is 1.74. The highest BCUT2D eigenvalue weighted by atomic mass is 35.5. The number of anilines is 3. The molecule has 0 bridgehead atoms. The molecule has 2 N–H and O–H groups in total. The minimum absolute atomic E-state index is 0.0885. The van der Waals surface area contributed by atoms with E-state index in [9.17, 15) is 30.4 Å². The Morgan fingerprint density at radius 1 is 0.943 bits per heavy atom. The van der Waals surface area contributed by atoms with E-state index in [-0.39, 0.29) is 16.3 Å². The Kier molecular flexibility index (Phi) is 7.68. The summed E-state index contributed by atoms with van der Waals surface area (Å²) in [7, 11) is -7.97. The first-order valence-corrected chi connectivity index (χ1v) is 13.6. The molecule has 186 valence electrons. The summed E-state index contributed by atoms with van der Waals surface area (Å²) in [5.74, 6) is -3.22. The van der Waals surface area contributed by atoms with Gasteiger partial charge in [-0.15, -0.1) is 0 Å². The highest BCUT2D eigenvalue weighted by molar-refractivity contribution is 7.92. The van der Waals surface area contributed by atoms with Crippen LogP contribution in [0.2, 0.25) is 5.02 Å². The van der Waals surface area contributed by atoms with E-state index < -0.39 is 44.1 Å². The SMILES string of the molecule is Cc1ccc(Cl)cc1NS(=O)(=O)c1ccc(NC(=O)CN(c2ccc(F)c(F)c2)S(C)(=O)=O)cc1. The number of hydrogen-bond donors (Lipinski definition) is 2. The van der Waals surface area contributed by atoms with Gasteiger partial charge < -0.3 is 5.32 Å². The number of hydrogen-bond acceptors (Lipinski definition) is 5. The largest absolute Gasteiger partial charge is 0.325 e. The van der Waals surface area contributed by atoms with E-state index in [1.807, 2.05) is 0 Å². The third-order valence-corrected chi connectivity index (χ3v) is 7.53. The average Bonchev–Trinajstić information content (AvgIpc) is 2.76. The van der Waals surface area contributed by atoms with Gasteiger partial charge in [0.25, 0.3) is 10.0 Å². The van der Waals surface area contributed by atoms with E-state index in [1.165, 1.54) is 30.3 Å². The molecule has 0 heterocycles. The summed E-state index contributed by atoms with van der Waals surface area (Å²) in [6.45, 7) is 0.993. The monoisotopic (exact) mass is 543 g/mol. The molecular formula is C22H20ClF2N3O5S2. The molecule has 13 heteroatoms. The molecule has 3 rings (SSSR count). The number of carbonyl (C=O) groups is 1. The Hall–Kier alpha value is -3.22. The summed E-state index contributed by atoms with van der Waals surface area (Å²) >= 11 is 5.93. The smallest absolute Gasteiger partial charge is 0.261 e. The zero-order valence-corrected chi connectivity index (χ0v) is 20.8. The van der Waals surface area contributed by atoms with E-state index in [4.69, 9.17) is 11.6 Å². The first-order chi connectivity index (χ1) is 16.3. The topological polar surface area (TPSA) is 113 Å². The molecule has 0 saturated heterocycles. The first kappa shape index (κ1) is 26.4. The Labute approximate surface area is 206 Å². The summed E-state index contributed by atoms with van der Waals surface area (Å²) in [6.07, 6.45) is 0.815. The Morgan fingerprint density at radius 2 is 1.60 bits per heavy atom. The minimum atomic E-state index is -4.01. The van der Waals surface area contributed by atoms with Crippen molar-refractivity contribution < 1.29 is 30.4 Å². The summed E-state index contributed by atoms with van der Waals surface area (Å²) < 4.78 is 79.4. The lowest BCUT2D eigenvalue weighted by atomic mass is 10.2. The molecule has 0 aromatic heterocycles. The van der Waals surface area contributed by atoms with Gasteiger partial charge in [0.15, 0.2) is 11.6 Å². The number of nitrogens with one attached hydrogen (secondary N) is 2. The van der Waals surface area contributed by atoms with Crippen LogP contribution < -0.4 is 14.3 Å². The zero-order chi connectivity index (χ0) is 26.0. The van der Waals surface area contributed by atoms with Crippen molar-refractivity contribution in [3.63, 3.8) is 0 Å². The first-order valence-electron chi connectivity index (χ1n) is 9.88. The number of benzene rings is 3. The van der Waals surface area contributed by atoms with Gasteiger partial charge in [0.2, 0.25) is 15.9 Å². The number of halogens is 3. The van der Waals surface area contributed by atoms with Gasteiger partial charge in [0.05, 0.1) is 22.5 Å². The van der Waals surface area contributed by atoms with Crippen LogP contribution in [0.4, 0.5) is 25.8 Å². The number of nitrogens with zero attached hydrogens (tertiary/aromatic N) is 1. The summed E-state index contributed by atoms with van der Waals surface area (Å²) in [5.41, 5.74) is 0.934. The van der Waals surface area contributed by atoms with Gasteiger partial charge in [0.1, 0.15) is 6.54 Å². The van der Waals surface area contributed by atoms with Crippen molar-refractivity contribution in [1.29, 1.82) is 0 Å². The van der Waals surface area contributed by atoms with Gasteiger partial charge in [0, 0.05) is 16.8 Å². The molecule has 0 aliphatic rings. The fraction of sp³-hybridized carbons (Fsp3) is 0.136. The highest BCUT2D eigenvalue weighted by Gasteiger charge is 2.22. The van der Waals surface area contributed by atoms with Crippen LogP contribution >= 0.6 is 11.6 Å². The normalized spacial score (nSPS) is 11.7. The molecule has 0 atom stereocenters. The van der Waals surface area contributed by atoms with Gasteiger partial charge in [-0.05, 0) is 61.0 Å². The van der Waals surface area contributed by atoms with Gasteiger partial charge in [-0.2, -0.15) is 0 Å². The molecule has 3 aromatic carbocycles. The van der Waals surface area contributed by atoms with E-state index in [0.717, 1.165) is 18.4 Å². The van der Waals surface area contributed by atoms with Crippen LogP contribution in [-0.4, -0.2) is 35.5 Å². The molecule has 0 spiro atoms. The fourth-order valence-corrected chi connectivity index (χ4v) is 5.14. The molecule has 3 aromatic rings. The van der Waals surface area contributed by atoms with Crippen LogP contribution in [0, 0.1) is 18.6 Å². The summed E-state index contributed by atoms with van der Waals surface area (Å²) in [4.78, 5) is 12.4. The zero-order valence-electron chi connectivity index (χ0n) is 18.4. The molecule has 0 radical (unpaired) electrons. The maximum absolute atomic E-state index is 13.6. The Morgan fingerprint density at radius 3 is 2.20 bits per heavy atom. The second-order valence-corrected chi connectivity index (χ2v) is 11.5. The van der Waals surface area contributed by atoms with Gasteiger partial charge in [-0.3, -0.25) is 13.8 Å². The standard InChI is InChI=1S/C22H20ClF2N3O5S2/c1-14-3-4-15(23)11-21(14)27-35(32,33)18-8-5-16(6-9-18)26-22(29)13-28(34(2,30)31)17-7-10-19(24)20(25)12-17/h3-12,27H,13H2,1-2H3,(H,26,29). The lowest BCUT2D eigenvalue weighted by molar-refractivity contribution is -0.114. The maximum atomic E-state index is 13.6. The quantitative estimate of drug-likeness (QED) is 0.443. The van der Waals surface area contributed by atoms with Gasteiger partial charge in [-0.25, -0.2) is 25.6 Å². The van der Waals surface area contributed by atoms with Crippen molar-refractivity contribution in [1.82, 2.24) is 0 Å². The van der Waals surface area contributed by atoms with Crippen LogP contribution in [0.15, 0.2) is 65.6 Å². The number of rotatable bonds is 8. The van der Waals surface area contributed by atoms with Crippen molar-refractivity contribution in [2.45, 2.75) is 11.8 Å². The molecule has 0 saturated carbocycles. The average molecular weight is 544 g/mol. The van der Waals surface area contributed by atoms with E-state index >= 15 is 0 Å².